The molecular weight excluding hydrogens is 328 g/mol. The molecular formula is C17H12N2O6. The van der Waals surface area contributed by atoms with Crippen LogP contribution in [-0.2, 0) is 4.79 Å². The zero-order chi connectivity index (χ0) is 18.1. The molecule has 0 bridgehead atoms. The summed E-state index contributed by atoms with van der Waals surface area (Å²) in [6.07, 6.45) is 0. The van der Waals surface area contributed by atoms with Crippen LogP contribution in [0.25, 0.3) is 22.4 Å². The summed E-state index contributed by atoms with van der Waals surface area (Å²) < 4.78 is 10.1. The number of aryl methyl sites for hydroxylation is 1. The van der Waals surface area contributed by atoms with Crippen LogP contribution in [0.1, 0.15) is 12.5 Å². The maximum absolute atomic E-state index is 12.2. The number of nitrogens with zero attached hydrogens (tertiary/aromatic N) is 2. The van der Waals surface area contributed by atoms with Crippen LogP contribution < -0.4 is 10.4 Å². The Morgan fingerprint density at radius 1 is 1.24 bits per heavy atom. The minimum atomic E-state index is -0.683. The minimum Gasteiger partial charge on any atom is -0.427 e. The molecule has 0 atom stereocenters. The van der Waals surface area contributed by atoms with Gasteiger partial charge in [0.1, 0.15) is 5.75 Å². The van der Waals surface area contributed by atoms with Crippen LogP contribution in [0.2, 0.25) is 0 Å². The van der Waals surface area contributed by atoms with Crippen LogP contribution in [0.5, 0.6) is 5.75 Å². The molecule has 0 saturated carbocycles. The number of hydrogen-bond acceptors (Lipinski definition) is 7. The van der Waals surface area contributed by atoms with Crippen molar-refractivity contribution in [3.8, 4) is 17.2 Å². The van der Waals surface area contributed by atoms with E-state index in [2.05, 4.69) is 4.98 Å². The van der Waals surface area contributed by atoms with Gasteiger partial charge in [-0.25, -0.2) is 9.78 Å². The van der Waals surface area contributed by atoms with Gasteiger partial charge in [-0.15, -0.1) is 0 Å². The molecule has 2 aromatic carbocycles. The van der Waals surface area contributed by atoms with E-state index in [1.165, 1.54) is 31.2 Å². The Kier molecular flexibility index (Phi) is 4.02. The molecule has 0 N–H and O–H groups in total. The fourth-order valence-electron chi connectivity index (χ4n) is 2.34. The number of carbonyl (C=O) groups excluding carboxylic acids is 1. The van der Waals surface area contributed by atoms with Gasteiger partial charge in [0.05, 0.1) is 15.8 Å². The lowest BCUT2D eigenvalue weighted by Gasteiger charge is -2.05. The molecule has 8 heteroatoms. The Morgan fingerprint density at radius 2 is 2.00 bits per heavy atom. The molecule has 126 valence electrons. The number of benzene rings is 2. The first-order valence-corrected chi connectivity index (χ1v) is 7.24. The first kappa shape index (κ1) is 16.3. The van der Waals surface area contributed by atoms with Gasteiger partial charge >= 0.3 is 11.6 Å². The molecule has 0 aliphatic carbocycles. The molecule has 0 saturated heterocycles. The summed E-state index contributed by atoms with van der Waals surface area (Å²) in [5.74, 6) is -0.339. The molecule has 25 heavy (non-hydrogen) atoms. The van der Waals surface area contributed by atoms with E-state index in [4.69, 9.17) is 9.15 Å². The summed E-state index contributed by atoms with van der Waals surface area (Å²) in [6.45, 7) is 2.86. The highest BCUT2D eigenvalue weighted by Crippen LogP contribution is 2.26. The van der Waals surface area contributed by atoms with Gasteiger partial charge in [-0.3, -0.25) is 14.9 Å². The van der Waals surface area contributed by atoms with Crippen molar-refractivity contribution < 1.29 is 18.9 Å². The first-order chi connectivity index (χ1) is 11.8. The van der Waals surface area contributed by atoms with Gasteiger partial charge in [0.15, 0.2) is 0 Å². The van der Waals surface area contributed by atoms with E-state index in [1.807, 2.05) is 0 Å². The van der Waals surface area contributed by atoms with Crippen molar-refractivity contribution in [3.05, 3.63) is 62.5 Å². The monoisotopic (exact) mass is 340 g/mol. The number of nitro groups is 1. The molecule has 0 aliphatic rings. The van der Waals surface area contributed by atoms with Crippen molar-refractivity contribution in [3.63, 3.8) is 0 Å². The third kappa shape index (κ3) is 3.23. The molecule has 1 heterocycles. The second-order valence-electron chi connectivity index (χ2n) is 5.34. The van der Waals surface area contributed by atoms with Crippen LogP contribution in [0.15, 0.2) is 45.6 Å². The SMILES string of the molecule is CC(=O)Oc1ccc2nc(-c3ccc(C)c([N+](=O)[O-])c3)oc(=O)c2c1. The molecule has 0 fully saturated rings. The van der Waals surface area contributed by atoms with Gasteiger partial charge in [0, 0.05) is 24.1 Å². The van der Waals surface area contributed by atoms with Crippen molar-refractivity contribution in [2.45, 2.75) is 13.8 Å². The second kappa shape index (κ2) is 6.16. The van der Waals surface area contributed by atoms with E-state index in [0.717, 1.165) is 0 Å². The molecule has 1 aromatic heterocycles. The highest BCUT2D eigenvalue weighted by Gasteiger charge is 2.15. The Morgan fingerprint density at radius 3 is 2.68 bits per heavy atom. The first-order valence-electron chi connectivity index (χ1n) is 7.24. The van der Waals surface area contributed by atoms with E-state index >= 15 is 0 Å². The van der Waals surface area contributed by atoms with Gasteiger partial charge in [0.25, 0.3) is 5.69 Å². The summed E-state index contributed by atoms with van der Waals surface area (Å²) in [6, 6.07) is 8.82. The van der Waals surface area contributed by atoms with Crippen LogP contribution in [0.4, 0.5) is 5.69 Å². The molecule has 0 radical (unpaired) electrons. The number of esters is 1. The maximum Gasteiger partial charge on any atom is 0.347 e. The molecule has 3 aromatic rings. The number of aromatic nitrogens is 1. The van der Waals surface area contributed by atoms with Crippen LogP contribution in [0.3, 0.4) is 0 Å². The third-order valence-electron chi connectivity index (χ3n) is 3.51. The van der Waals surface area contributed by atoms with E-state index in [-0.39, 0.29) is 22.7 Å². The zero-order valence-corrected chi connectivity index (χ0v) is 13.3. The topological polar surface area (TPSA) is 113 Å². The maximum atomic E-state index is 12.2. The standard InChI is InChI=1S/C17H12N2O6/c1-9-3-4-11(7-15(9)19(22)23)16-18-14-6-5-12(24-10(2)20)8-13(14)17(21)25-16/h3-8H,1-2H3. The van der Waals surface area contributed by atoms with Crippen molar-refractivity contribution in [1.82, 2.24) is 4.98 Å². The van der Waals surface area contributed by atoms with Gasteiger partial charge in [-0.1, -0.05) is 6.07 Å². The zero-order valence-electron chi connectivity index (χ0n) is 13.3. The van der Waals surface area contributed by atoms with Crippen molar-refractivity contribution in [2.24, 2.45) is 0 Å². The van der Waals surface area contributed by atoms with Gasteiger partial charge in [-0.2, -0.15) is 0 Å². The third-order valence-corrected chi connectivity index (χ3v) is 3.51. The lowest BCUT2D eigenvalue weighted by atomic mass is 10.1. The predicted molar refractivity (Wildman–Crippen MR) is 88.4 cm³/mol. The average molecular weight is 340 g/mol. The minimum absolute atomic E-state index is 0.0270. The van der Waals surface area contributed by atoms with Crippen LogP contribution >= 0.6 is 0 Å². The fourth-order valence-corrected chi connectivity index (χ4v) is 2.34. The fraction of sp³-hybridized carbons (Fsp3) is 0.118. The molecule has 0 aliphatic heterocycles. The molecule has 3 rings (SSSR count). The summed E-state index contributed by atoms with van der Waals surface area (Å²) >= 11 is 0. The quantitative estimate of drug-likeness (QED) is 0.312. The van der Waals surface area contributed by atoms with E-state index in [1.54, 1.807) is 19.1 Å². The highest BCUT2D eigenvalue weighted by molar-refractivity contribution is 5.81. The second-order valence-corrected chi connectivity index (χ2v) is 5.34. The number of nitro benzene ring substituents is 1. The molecule has 0 spiro atoms. The van der Waals surface area contributed by atoms with Gasteiger partial charge in [0.2, 0.25) is 5.89 Å². The lowest BCUT2D eigenvalue weighted by molar-refractivity contribution is -0.385. The van der Waals surface area contributed by atoms with E-state index in [0.29, 0.717) is 16.6 Å². The number of carbonyl (C=O) groups is 1. The number of hydrogen-bond donors (Lipinski definition) is 0. The Labute approximate surface area is 140 Å². The summed E-state index contributed by atoms with van der Waals surface area (Å²) in [5, 5.41) is 11.2. The van der Waals surface area contributed by atoms with E-state index in [9.17, 15) is 19.7 Å². The number of ether oxygens (including phenoxy) is 1. The summed E-state index contributed by atoms with van der Waals surface area (Å²) in [4.78, 5) is 38.0. The van der Waals surface area contributed by atoms with Crippen LogP contribution in [-0.4, -0.2) is 15.9 Å². The average Bonchev–Trinajstić information content (AvgIpc) is 2.55. The Bertz CT molecular complexity index is 1070. The van der Waals surface area contributed by atoms with Crippen LogP contribution in [0, 0.1) is 17.0 Å². The van der Waals surface area contributed by atoms with E-state index < -0.39 is 16.5 Å². The summed E-state index contributed by atoms with van der Waals surface area (Å²) in [7, 11) is 0. The van der Waals surface area contributed by atoms with Crippen molar-refractivity contribution in [2.75, 3.05) is 0 Å². The van der Waals surface area contributed by atoms with Crippen molar-refractivity contribution >= 4 is 22.6 Å². The summed E-state index contributed by atoms with van der Waals surface area (Å²) in [5.41, 5.74) is 0.359. The van der Waals surface area contributed by atoms with Crippen molar-refractivity contribution in [1.29, 1.82) is 0 Å². The van der Waals surface area contributed by atoms with Gasteiger partial charge in [-0.05, 0) is 31.2 Å². The Balaban J connectivity index is 2.13. The van der Waals surface area contributed by atoms with Gasteiger partial charge < -0.3 is 9.15 Å². The smallest absolute Gasteiger partial charge is 0.347 e. The molecule has 8 nitrogen and oxygen atoms in total. The number of rotatable bonds is 3. The molecule has 0 unspecified atom stereocenters. The molecule has 0 amide bonds. The Hall–Kier alpha value is -3.55. The highest BCUT2D eigenvalue weighted by atomic mass is 16.6. The largest absolute Gasteiger partial charge is 0.427 e. The normalized spacial score (nSPS) is 10.6. The number of fused-ring (bicyclic) bond motifs is 1. The lowest BCUT2D eigenvalue weighted by Crippen LogP contribution is -2.05. The predicted octanol–water partition coefficient (Wildman–Crippen LogP) is 3.00.